The van der Waals surface area contributed by atoms with E-state index in [-0.39, 0.29) is 58.1 Å². The van der Waals surface area contributed by atoms with Gasteiger partial charge in [0.05, 0.1) is 34.8 Å². The molecule has 4 aromatic rings. The van der Waals surface area contributed by atoms with E-state index in [9.17, 15) is 28.0 Å². The SMILES string of the molecule is C=C(C)C(=O)Nc1ccc(-c2c(-c3ccc(C(=O)NC4(C(F)(F)F)CC4)c(OC)c3)c3c(N)ncc(C#N)c3n2C)c(F)c1. The number of rotatable bonds is 7. The van der Waals surface area contributed by atoms with Gasteiger partial charge in [0, 0.05) is 35.6 Å². The molecule has 2 amide bonds. The van der Waals surface area contributed by atoms with Gasteiger partial charge in [0.1, 0.15) is 29.0 Å². The summed E-state index contributed by atoms with van der Waals surface area (Å²) in [6.45, 7) is 5.08. The number of nitrogen functional groups attached to an aromatic ring is 1. The highest BCUT2D eigenvalue weighted by Gasteiger charge is 2.64. The Morgan fingerprint density at radius 3 is 2.48 bits per heavy atom. The fourth-order valence-corrected chi connectivity index (χ4v) is 5.13. The molecule has 5 rings (SSSR count). The molecule has 1 aliphatic rings. The van der Waals surface area contributed by atoms with Crippen LogP contribution in [0.2, 0.25) is 0 Å². The van der Waals surface area contributed by atoms with E-state index in [1.54, 1.807) is 11.6 Å². The maximum atomic E-state index is 15.8. The zero-order chi connectivity index (χ0) is 32.1. The van der Waals surface area contributed by atoms with E-state index in [1.807, 2.05) is 0 Å². The largest absolute Gasteiger partial charge is 0.496 e. The van der Waals surface area contributed by atoms with Gasteiger partial charge in [-0.2, -0.15) is 18.4 Å². The number of nitrogens with two attached hydrogens (primary N) is 1. The third-order valence-electron chi connectivity index (χ3n) is 7.61. The van der Waals surface area contributed by atoms with Gasteiger partial charge in [0.25, 0.3) is 11.8 Å². The highest BCUT2D eigenvalue weighted by Crippen LogP contribution is 2.49. The molecule has 226 valence electrons. The molecule has 0 radical (unpaired) electrons. The van der Waals surface area contributed by atoms with Crippen molar-refractivity contribution in [1.29, 1.82) is 5.26 Å². The predicted octanol–water partition coefficient (Wildman–Crippen LogP) is 5.85. The maximum Gasteiger partial charge on any atom is 0.411 e. The Labute approximate surface area is 248 Å². The van der Waals surface area contributed by atoms with Crippen molar-refractivity contribution in [2.75, 3.05) is 18.2 Å². The molecule has 0 aliphatic heterocycles. The number of carbonyl (C=O) groups excluding carboxylic acids is 2. The van der Waals surface area contributed by atoms with Crippen LogP contribution in [-0.4, -0.2) is 40.2 Å². The van der Waals surface area contributed by atoms with Crippen LogP contribution in [0.5, 0.6) is 5.75 Å². The lowest BCUT2D eigenvalue weighted by molar-refractivity contribution is -0.163. The first-order valence-corrected chi connectivity index (χ1v) is 13.2. The fraction of sp³-hybridized carbons (Fsp3) is 0.226. The van der Waals surface area contributed by atoms with Crippen LogP contribution < -0.4 is 21.1 Å². The number of hydrogen-bond donors (Lipinski definition) is 3. The van der Waals surface area contributed by atoms with E-state index in [2.05, 4.69) is 28.3 Å². The number of nitriles is 1. The van der Waals surface area contributed by atoms with Crippen molar-refractivity contribution in [2.24, 2.45) is 7.05 Å². The molecule has 4 N–H and O–H groups in total. The van der Waals surface area contributed by atoms with Crippen molar-refractivity contribution in [2.45, 2.75) is 31.5 Å². The second-order valence-corrected chi connectivity index (χ2v) is 10.6. The molecule has 1 fully saturated rings. The molecule has 0 bridgehead atoms. The van der Waals surface area contributed by atoms with Gasteiger partial charge in [-0.1, -0.05) is 12.6 Å². The summed E-state index contributed by atoms with van der Waals surface area (Å²) in [5.74, 6) is -2.18. The lowest BCUT2D eigenvalue weighted by Gasteiger charge is -2.21. The number of fused-ring (bicyclic) bond motifs is 1. The van der Waals surface area contributed by atoms with E-state index >= 15 is 4.39 Å². The number of methoxy groups -OCH3 is 1. The number of alkyl halides is 3. The van der Waals surface area contributed by atoms with E-state index < -0.39 is 29.3 Å². The number of nitrogens with zero attached hydrogens (tertiary/aromatic N) is 3. The van der Waals surface area contributed by atoms with Gasteiger partial charge in [0.2, 0.25) is 0 Å². The zero-order valence-electron chi connectivity index (χ0n) is 23.8. The molecule has 0 unspecified atom stereocenters. The van der Waals surface area contributed by atoms with Crippen molar-refractivity contribution < 1.29 is 31.9 Å². The van der Waals surface area contributed by atoms with Gasteiger partial charge >= 0.3 is 6.18 Å². The summed E-state index contributed by atoms with van der Waals surface area (Å²) in [6, 6.07) is 10.4. The van der Waals surface area contributed by atoms with E-state index in [4.69, 9.17) is 10.5 Å². The Hall–Kier alpha value is -5.38. The summed E-state index contributed by atoms with van der Waals surface area (Å²) in [6.07, 6.45) is -3.77. The molecule has 44 heavy (non-hydrogen) atoms. The number of pyridine rings is 1. The first-order valence-electron chi connectivity index (χ1n) is 13.2. The molecular formula is C31H26F4N6O3. The Morgan fingerprint density at radius 1 is 1.20 bits per heavy atom. The number of anilines is 2. The second-order valence-electron chi connectivity index (χ2n) is 10.6. The third kappa shape index (κ3) is 4.98. The molecule has 2 aromatic heterocycles. The normalized spacial score (nSPS) is 13.7. The monoisotopic (exact) mass is 606 g/mol. The number of halogens is 4. The molecule has 1 saturated carbocycles. The van der Waals surface area contributed by atoms with Crippen LogP contribution in [0.25, 0.3) is 33.3 Å². The minimum atomic E-state index is -4.61. The van der Waals surface area contributed by atoms with Crippen LogP contribution in [0.4, 0.5) is 29.1 Å². The van der Waals surface area contributed by atoms with Crippen LogP contribution in [0.3, 0.4) is 0 Å². The molecule has 1 aliphatic carbocycles. The molecule has 2 heterocycles. The zero-order valence-corrected chi connectivity index (χ0v) is 23.8. The Morgan fingerprint density at radius 2 is 1.91 bits per heavy atom. The standard InChI is InChI=1S/C31H26F4N6O3/c1-15(2)28(42)39-18-6-8-19(21(32)12-18)26-23(24-25(41(26)3)17(13-36)14-38-27(24)37)16-5-7-20(22(11-16)44-4)29(43)40-30(9-10-30)31(33,34)35/h5-8,11-12,14H,1,9-10H2,2-4H3,(H2,37,38)(H,39,42)(H,40,43). The average molecular weight is 607 g/mol. The first-order chi connectivity index (χ1) is 20.7. The van der Waals surface area contributed by atoms with Crippen molar-refractivity contribution in [3.05, 3.63) is 71.7 Å². The van der Waals surface area contributed by atoms with Crippen LogP contribution in [0, 0.1) is 17.1 Å². The summed E-state index contributed by atoms with van der Waals surface area (Å²) in [7, 11) is 2.88. The van der Waals surface area contributed by atoms with Crippen LogP contribution in [0.15, 0.2) is 54.7 Å². The van der Waals surface area contributed by atoms with Gasteiger partial charge in [-0.3, -0.25) is 9.59 Å². The van der Waals surface area contributed by atoms with Crippen molar-refractivity contribution in [3.8, 4) is 34.2 Å². The molecular weight excluding hydrogens is 580 g/mol. The minimum absolute atomic E-state index is 0.0308. The van der Waals surface area contributed by atoms with Gasteiger partial charge in [-0.05, 0) is 55.7 Å². The lowest BCUT2D eigenvalue weighted by atomic mass is 9.96. The third-order valence-corrected chi connectivity index (χ3v) is 7.61. The van der Waals surface area contributed by atoms with Crippen molar-refractivity contribution >= 4 is 34.2 Å². The number of hydrogen-bond acceptors (Lipinski definition) is 6. The van der Waals surface area contributed by atoms with E-state index in [0.717, 1.165) is 6.07 Å². The maximum absolute atomic E-state index is 15.8. The minimum Gasteiger partial charge on any atom is -0.496 e. The quantitative estimate of drug-likeness (QED) is 0.179. The van der Waals surface area contributed by atoms with Crippen molar-refractivity contribution in [3.63, 3.8) is 0 Å². The Bertz CT molecular complexity index is 1920. The summed E-state index contributed by atoms with van der Waals surface area (Å²) in [4.78, 5) is 29.2. The summed E-state index contributed by atoms with van der Waals surface area (Å²) < 4.78 is 63.3. The Balaban J connectivity index is 1.70. The van der Waals surface area contributed by atoms with Gasteiger partial charge in [0.15, 0.2) is 0 Å². The fourth-order valence-electron chi connectivity index (χ4n) is 5.13. The summed E-state index contributed by atoms with van der Waals surface area (Å²) in [5, 5.41) is 14.8. The van der Waals surface area contributed by atoms with E-state index in [1.165, 1.54) is 50.6 Å². The van der Waals surface area contributed by atoms with Crippen LogP contribution in [0.1, 0.15) is 35.7 Å². The van der Waals surface area contributed by atoms with Crippen LogP contribution >= 0.6 is 0 Å². The molecule has 0 saturated heterocycles. The topological polar surface area (TPSA) is 135 Å². The second kappa shape index (κ2) is 10.7. The number of benzene rings is 2. The van der Waals surface area contributed by atoms with Gasteiger partial charge in [-0.25, -0.2) is 9.37 Å². The van der Waals surface area contributed by atoms with E-state index in [0.29, 0.717) is 22.0 Å². The Kier molecular flexibility index (Phi) is 7.33. The number of amides is 2. The molecule has 0 spiro atoms. The molecule has 13 heteroatoms. The number of nitrogens with one attached hydrogen (secondary N) is 2. The van der Waals surface area contributed by atoms with Crippen LogP contribution in [-0.2, 0) is 11.8 Å². The number of ether oxygens (including phenoxy) is 1. The van der Waals surface area contributed by atoms with Gasteiger partial charge in [-0.15, -0.1) is 0 Å². The molecule has 0 atom stereocenters. The first kappa shape index (κ1) is 30.1. The highest BCUT2D eigenvalue weighted by molar-refractivity contribution is 6.11. The number of carbonyl (C=O) groups is 2. The number of aromatic nitrogens is 2. The highest BCUT2D eigenvalue weighted by atomic mass is 19.4. The van der Waals surface area contributed by atoms with Crippen molar-refractivity contribution in [1.82, 2.24) is 14.9 Å². The summed E-state index contributed by atoms with van der Waals surface area (Å²) in [5.41, 5.74) is 5.86. The average Bonchev–Trinajstić information content (AvgIpc) is 3.70. The molecule has 2 aromatic carbocycles. The van der Waals surface area contributed by atoms with Gasteiger partial charge < -0.3 is 25.7 Å². The smallest absolute Gasteiger partial charge is 0.411 e. The lowest BCUT2D eigenvalue weighted by Crippen LogP contribution is -2.47. The summed E-state index contributed by atoms with van der Waals surface area (Å²) >= 11 is 0. The number of aryl methyl sites for hydroxylation is 1. The predicted molar refractivity (Wildman–Crippen MR) is 156 cm³/mol. The molecule has 9 nitrogen and oxygen atoms in total.